The second kappa shape index (κ2) is 5.33. The summed E-state index contributed by atoms with van der Waals surface area (Å²) in [6, 6.07) is 10.8. The number of nitrogens with one attached hydrogen (secondary N) is 1. The molecule has 0 unspecified atom stereocenters. The van der Waals surface area contributed by atoms with E-state index in [1.54, 1.807) is 18.2 Å². The number of nitrogen functional groups attached to an aromatic ring is 1. The molecule has 0 heterocycles. The highest BCUT2D eigenvalue weighted by molar-refractivity contribution is 6.34. The third-order valence-corrected chi connectivity index (χ3v) is 3.23. The third-order valence-electron chi connectivity index (χ3n) is 2.91. The van der Waals surface area contributed by atoms with Crippen LogP contribution in [0.2, 0.25) is 5.02 Å². The monoisotopic (exact) mass is 274 g/mol. The molecule has 19 heavy (non-hydrogen) atoms. The molecule has 2 rings (SSSR count). The number of hydrogen-bond donors (Lipinski definition) is 2. The fourth-order valence-electron chi connectivity index (χ4n) is 1.86. The van der Waals surface area contributed by atoms with Crippen molar-refractivity contribution < 1.29 is 4.79 Å². The van der Waals surface area contributed by atoms with Gasteiger partial charge in [-0.15, -0.1) is 0 Å². The van der Waals surface area contributed by atoms with E-state index in [9.17, 15) is 4.79 Å². The normalized spacial score (nSPS) is 10.3. The van der Waals surface area contributed by atoms with Gasteiger partial charge in [-0.1, -0.05) is 29.8 Å². The maximum Gasteiger partial charge on any atom is 0.257 e. The highest BCUT2D eigenvalue weighted by atomic mass is 35.5. The van der Waals surface area contributed by atoms with Crippen LogP contribution in [0.15, 0.2) is 36.4 Å². The lowest BCUT2D eigenvalue weighted by molar-refractivity contribution is 0.102. The van der Waals surface area contributed by atoms with Crippen molar-refractivity contribution in [2.75, 3.05) is 11.1 Å². The van der Waals surface area contributed by atoms with Crippen molar-refractivity contribution >= 4 is 28.9 Å². The van der Waals surface area contributed by atoms with Crippen LogP contribution in [0, 0.1) is 13.8 Å². The van der Waals surface area contributed by atoms with E-state index in [1.165, 1.54) is 0 Å². The van der Waals surface area contributed by atoms with Gasteiger partial charge in [-0.25, -0.2) is 0 Å². The Morgan fingerprint density at radius 2 is 1.95 bits per heavy atom. The molecule has 0 aliphatic heterocycles. The van der Waals surface area contributed by atoms with E-state index >= 15 is 0 Å². The molecule has 0 saturated heterocycles. The van der Waals surface area contributed by atoms with E-state index < -0.39 is 0 Å². The summed E-state index contributed by atoms with van der Waals surface area (Å²) < 4.78 is 0. The number of anilines is 2. The summed E-state index contributed by atoms with van der Waals surface area (Å²) in [6.07, 6.45) is 0. The molecule has 0 saturated carbocycles. The van der Waals surface area contributed by atoms with E-state index in [2.05, 4.69) is 5.32 Å². The average molecular weight is 275 g/mol. The largest absolute Gasteiger partial charge is 0.398 e. The minimum atomic E-state index is -0.256. The van der Waals surface area contributed by atoms with Gasteiger partial charge < -0.3 is 11.1 Å². The Morgan fingerprint density at radius 1 is 1.21 bits per heavy atom. The van der Waals surface area contributed by atoms with Crippen molar-refractivity contribution in [1.82, 2.24) is 0 Å². The maximum atomic E-state index is 12.2. The smallest absolute Gasteiger partial charge is 0.257 e. The highest BCUT2D eigenvalue weighted by Crippen LogP contribution is 2.26. The van der Waals surface area contributed by atoms with Gasteiger partial charge in [0.25, 0.3) is 5.91 Å². The van der Waals surface area contributed by atoms with Crippen molar-refractivity contribution in [2.45, 2.75) is 13.8 Å². The molecule has 0 aliphatic rings. The molecule has 0 radical (unpaired) electrons. The molecule has 0 aliphatic carbocycles. The van der Waals surface area contributed by atoms with Crippen LogP contribution in [-0.2, 0) is 0 Å². The van der Waals surface area contributed by atoms with Crippen molar-refractivity contribution in [2.24, 2.45) is 0 Å². The minimum absolute atomic E-state index is 0.256. The molecule has 0 atom stereocenters. The topological polar surface area (TPSA) is 55.1 Å². The first kappa shape index (κ1) is 13.4. The number of rotatable bonds is 2. The van der Waals surface area contributed by atoms with Crippen LogP contribution in [0.3, 0.4) is 0 Å². The fraction of sp³-hybridized carbons (Fsp3) is 0.133. The molecule has 0 bridgehead atoms. The number of aryl methyl sites for hydroxylation is 2. The van der Waals surface area contributed by atoms with Gasteiger partial charge in [0, 0.05) is 5.69 Å². The number of carbonyl (C=O) groups is 1. The summed E-state index contributed by atoms with van der Waals surface area (Å²) in [5, 5.41) is 3.32. The van der Waals surface area contributed by atoms with Crippen molar-refractivity contribution in [3.63, 3.8) is 0 Å². The van der Waals surface area contributed by atoms with Crippen molar-refractivity contribution in [1.29, 1.82) is 0 Å². The summed E-state index contributed by atoms with van der Waals surface area (Å²) >= 11 is 6.08. The lowest BCUT2D eigenvalue weighted by atomic mass is 10.1. The Hall–Kier alpha value is -2.00. The molecule has 0 aromatic heterocycles. The van der Waals surface area contributed by atoms with E-state index in [4.69, 9.17) is 17.3 Å². The van der Waals surface area contributed by atoms with Gasteiger partial charge in [-0.05, 0) is 43.2 Å². The predicted octanol–water partition coefficient (Wildman–Crippen LogP) is 3.79. The Bertz CT molecular complexity index is 618. The van der Waals surface area contributed by atoms with Crippen LogP contribution in [0.1, 0.15) is 21.5 Å². The number of para-hydroxylation sites is 1. The van der Waals surface area contributed by atoms with Gasteiger partial charge in [-0.3, -0.25) is 4.79 Å². The molecule has 2 aromatic carbocycles. The molecule has 0 spiro atoms. The summed E-state index contributed by atoms with van der Waals surface area (Å²) in [4.78, 5) is 12.2. The Balaban J connectivity index is 2.31. The Morgan fingerprint density at radius 3 is 2.58 bits per heavy atom. The molecule has 4 heteroatoms. The van der Waals surface area contributed by atoms with Gasteiger partial charge >= 0.3 is 0 Å². The van der Waals surface area contributed by atoms with Gasteiger partial charge in [-0.2, -0.15) is 0 Å². The first-order valence-corrected chi connectivity index (χ1v) is 6.29. The first-order valence-electron chi connectivity index (χ1n) is 5.91. The number of hydrogen-bond acceptors (Lipinski definition) is 2. The van der Waals surface area contributed by atoms with Gasteiger partial charge in [0.1, 0.15) is 0 Å². The van der Waals surface area contributed by atoms with Gasteiger partial charge in [0.05, 0.1) is 16.3 Å². The second-order valence-corrected chi connectivity index (χ2v) is 4.88. The second-order valence-electron chi connectivity index (χ2n) is 4.48. The molecular formula is C15H15ClN2O. The molecule has 3 N–H and O–H groups in total. The number of nitrogens with two attached hydrogens (primary N) is 1. The molecule has 98 valence electrons. The molecular weight excluding hydrogens is 260 g/mol. The predicted molar refractivity (Wildman–Crippen MR) is 79.7 cm³/mol. The van der Waals surface area contributed by atoms with E-state index in [-0.39, 0.29) is 5.91 Å². The molecule has 2 aromatic rings. The van der Waals surface area contributed by atoms with Crippen LogP contribution in [0.5, 0.6) is 0 Å². The number of carbonyl (C=O) groups excluding carboxylic acids is 1. The molecule has 3 nitrogen and oxygen atoms in total. The summed E-state index contributed by atoms with van der Waals surface area (Å²) in [5.41, 5.74) is 9.31. The SMILES string of the molecule is Cc1ccc(C(=O)Nc2c(C)cccc2Cl)c(N)c1. The molecule has 1 amide bonds. The summed E-state index contributed by atoms with van der Waals surface area (Å²) in [6.45, 7) is 3.82. The van der Waals surface area contributed by atoms with Gasteiger partial charge in [0.15, 0.2) is 0 Å². The lowest BCUT2D eigenvalue weighted by Crippen LogP contribution is -2.15. The summed E-state index contributed by atoms with van der Waals surface area (Å²) in [5.74, 6) is -0.256. The van der Waals surface area contributed by atoms with Crippen LogP contribution >= 0.6 is 11.6 Å². The van der Waals surface area contributed by atoms with Crippen LogP contribution in [0.25, 0.3) is 0 Å². The number of amides is 1. The third kappa shape index (κ3) is 2.88. The minimum Gasteiger partial charge on any atom is -0.398 e. The van der Waals surface area contributed by atoms with Crippen molar-refractivity contribution in [3.05, 3.63) is 58.1 Å². The number of halogens is 1. The van der Waals surface area contributed by atoms with Gasteiger partial charge in [0.2, 0.25) is 0 Å². The zero-order chi connectivity index (χ0) is 14.0. The van der Waals surface area contributed by atoms with Crippen molar-refractivity contribution in [3.8, 4) is 0 Å². The zero-order valence-electron chi connectivity index (χ0n) is 10.8. The lowest BCUT2D eigenvalue weighted by Gasteiger charge is -2.11. The van der Waals surface area contributed by atoms with Crippen LogP contribution in [0.4, 0.5) is 11.4 Å². The van der Waals surface area contributed by atoms with Crippen LogP contribution in [-0.4, -0.2) is 5.91 Å². The van der Waals surface area contributed by atoms with E-state index in [1.807, 2.05) is 32.0 Å². The van der Waals surface area contributed by atoms with E-state index in [0.29, 0.717) is 22.0 Å². The highest BCUT2D eigenvalue weighted by Gasteiger charge is 2.12. The zero-order valence-corrected chi connectivity index (χ0v) is 11.6. The molecule has 0 fully saturated rings. The number of benzene rings is 2. The fourth-order valence-corrected chi connectivity index (χ4v) is 2.13. The average Bonchev–Trinajstić information content (AvgIpc) is 2.33. The van der Waals surface area contributed by atoms with Crippen LogP contribution < -0.4 is 11.1 Å². The first-order chi connectivity index (χ1) is 8.99. The Kier molecular flexibility index (Phi) is 3.76. The van der Waals surface area contributed by atoms with E-state index in [0.717, 1.165) is 11.1 Å². The maximum absolute atomic E-state index is 12.2. The summed E-state index contributed by atoms with van der Waals surface area (Å²) in [7, 11) is 0. The Labute approximate surface area is 117 Å². The standard InChI is InChI=1S/C15H15ClN2O/c1-9-6-7-11(13(17)8-9)15(19)18-14-10(2)4-3-5-12(14)16/h3-8H,17H2,1-2H3,(H,18,19). The quantitative estimate of drug-likeness (QED) is 0.819.